The summed E-state index contributed by atoms with van der Waals surface area (Å²) in [6.45, 7) is 0.970. The van der Waals surface area contributed by atoms with E-state index < -0.39 is 0 Å². The number of rotatable bonds is 1. The largest absolute Gasteiger partial charge is 0.306 e. The molecule has 0 aliphatic carbocycles. The normalized spacial score (nSPS) is 22.8. The predicted octanol–water partition coefficient (Wildman–Crippen LogP) is 0.880. The Morgan fingerprint density at radius 1 is 1.42 bits per heavy atom. The van der Waals surface area contributed by atoms with E-state index in [1.165, 1.54) is 0 Å². The zero-order valence-electron chi connectivity index (χ0n) is 6.86. The summed E-state index contributed by atoms with van der Waals surface area (Å²) in [5.41, 5.74) is 0. The van der Waals surface area contributed by atoms with Gasteiger partial charge >= 0.3 is 0 Å². The molecular formula is C9H12N2O. The van der Waals surface area contributed by atoms with E-state index in [1.807, 2.05) is 12.1 Å². The molecule has 0 aromatic carbocycles. The second-order valence-corrected chi connectivity index (χ2v) is 3.08. The average Bonchev–Trinajstić information content (AvgIpc) is 2.77. The fourth-order valence-corrected chi connectivity index (χ4v) is 1.56. The molecule has 64 valence electrons. The highest BCUT2D eigenvalue weighted by molar-refractivity contribution is 5.84. The first-order chi connectivity index (χ1) is 5.88. The summed E-state index contributed by atoms with van der Waals surface area (Å²) in [5, 5.41) is 3.17. The molecule has 0 saturated carbocycles. The van der Waals surface area contributed by atoms with E-state index in [2.05, 4.69) is 5.32 Å². The van der Waals surface area contributed by atoms with Gasteiger partial charge in [0.1, 0.15) is 0 Å². The van der Waals surface area contributed by atoms with Crippen LogP contribution in [0.15, 0.2) is 24.5 Å². The Hall–Kier alpha value is -1.09. The van der Waals surface area contributed by atoms with E-state index in [4.69, 9.17) is 0 Å². The highest BCUT2D eigenvalue weighted by Crippen LogP contribution is 2.07. The van der Waals surface area contributed by atoms with E-state index in [9.17, 15) is 4.79 Å². The molecule has 1 aromatic heterocycles. The topological polar surface area (TPSA) is 34.0 Å². The van der Waals surface area contributed by atoms with E-state index in [1.54, 1.807) is 17.0 Å². The van der Waals surface area contributed by atoms with Gasteiger partial charge in [0.25, 0.3) is 0 Å². The molecule has 2 rings (SSSR count). The summed E-state index contributed by atoms with van der Waals surface area (Å²) in [7, 11) is 0. The van der Waals surface area contributed by atoms with Crippen molar-refractivity contribution >= 4 is 5.91 Å². The molecule has 0 spiro atoms. The van der Waals surface area contributed by atoms with Crippen LogP contribution in [0.3, 0.4) is 0 Å². The number of nitrogens with zero attached hydrogens (tertiary/aromatic N) is 1. The molecule has 1 N–H and O–H groups in total. The standard InChI is InChI=1S/C9H12N2O/c12-9(8-4-3-5-10-8)11-6-1-2-7-11/h1-2,6-8,10H,3-5H2. The van der Waals surface area contributed by atoms with Gasteiger partial charge in [-0.25, -0.2) is 0 Å². The zero-order valence-corrected chi connectivity index (χ0v) is 6.86. The Labute approximate surface area is 71.4 Å². The fraction of sp³-hybridized carbons (Fsp3) is 0.444. The lowest BCUT2D eigenvalue weighted by Gasteiger charge is -2.08. The van der Waals surface area contributed by atoms with Gasteiger partial charge in [-0.1, -0.05) is 0 Å². The fourth-order valence-electron chi connectivity index (χ4n) is 1.56. The molecule has 1 fully saturated rings. The van der Waals surface area contributed by atoms with Gasteiger partial charge in [0.2, 0.25) is 5.91 Å². The molecule has 2 heterocycles. The first-order valence-electron chi connectivity index (χ1n) is 4.28. The van der Waals surface area contributed by atoms with Crippen molar-refractivity contribution in [3.63, 3.8) is 0 Å². The van der Waals surface area contributed by atoms with Crippen LogP contribution in [0.1, 0.15) is 17.6 Å². The molecule has 1 unspecified atom stereocenters. The first-order valence-corrected chi connectivity index (χ1v) is 4.28. The second-order valence-electron chi connectivity index (χ2n) is 3.08. The van der Waals surface area contributed by atoms with Crippen LogP contribution < -0.4 is 5.32 Å². The van der Waals surface area contributed by atoms with Crippen molar-refractivity contribution < 1.29 is 4.79 Å². The molecule has 0 radical (unpaired) electrons. The Morgan fingerprint density at radius 3 is 2.75 bits per heavy atom. The first kappa shape index (κ1) is 7.55. The molecule has 3 heteroatoms. The molecule has 1 saturated heterocycles. The van der Waals surface area contributed by atoms with Gasteiger partial charge in [-0.05, 0) is 31.5 Å². The third-order valence-corrected chi connectivity index (χ3v) is 2.22. The van der Waals surface area contributed by atoms with Crippen LogP contribution in [0.5, 0.6) is 0 Å². The van der Waals surface area contributed by atoms with Gasteiger partial charge < -0.3 is 5.32 Å². The number of carbonyl (C=O) groups excluding carboxylic acids is 1. The minimum absolute atomic E-state index is 0.0393. The number of hydrogen-bond donors (Lipinski definition) is 1. The Bertz CT molecular complexity index is 260. The summed E-state index contributed by atoms with van der Waals surface area (Å²) in [6.07, 6.45) is 5.67. The van der Waals surface area contributed by atoms with Gasteiger partial charge in [0.15, 0.2) is 0 Å². The van der Waals surface area contributed by atoms with Crippen LogP contribution in [0.2, 0.25) is 0 Å². The van der Waals surface area contributed by atoms with Crippen molar-refractivity contribution in [2.75, 3.05) is 6.54 Å². The molecular weight excluding hydrogens is 152 g/mol. The lowest BCUT2D eigenvalue weighted by molar-refractivity contribution is 0.0870. The molecule has 0 amide bonds. The lowest BCUT2D eigenvalue weighted by Crippen LogP contribution is -2.34. The highest BCUT2D eigenvalue weighted by atomic mass is 16.2. The van der Waals surface area contributed by atoms with Crippen LogP contribution in [0, 0.1) is 0 Å². The van der Waals surface area contributed by atoms with Gasteiger partial charge in [0, 0.05) is 12.4 Å². The maximum atomic E-state index is 11.6. The zero-order chi connectivity index (χ0) is 8.39. The van der Waals surface area contributed by atoms with Crippen LogP contribution >= 0.6 is 0 Å². The lowest BCUT2D eigenvalue weighted by atomic mass is 10.2. The smallest absolute Gasteiger partial charge is 0.247 e. The second kappa shape index (κ2) is 3.11. The number of carbonyl (C=O) groups is 1. The summed E-state index contributed by atoms with van der Waals surface area (Å²) in [4.78, 5) is 11.6. The maximum Gasteiger partial charge on any atom is 0.247 e. The van der Waals surface area contributed by atoms with Gasteiger partial charge in [-0.2, -0.15) is 0 Å². The predicted molar refractivity (Wildman–Crippen MR) is 46.1 cm³/mol. The van der Waals surface area contributed by atoms with Gasteiger partial charge in [0.05, 0.1) is 6.04 Å². The van der Waals surface area contributed by atoms with Crippen LogP contribution in [-0.4, -0.2) is 23.1 Å². The number of nitrogens with one attached hydrogen (secondary N) is 1. The number of hydrogen-bond acceptors (Lipinski definition) is 2. The van der Waals surface area contributed by atoms with Crippen LogP contribution in [0.4, 0.5) is 0 Å². The van der Waals surface area contributed by atoms with Crippen molar-refractivity contribution in [2.45, 2.75) is 18.9 Å². The molecule has 1 atom stereocenters. The molecule has 1 aliphatic heterocycles. The Balaban J connectivity index is 2.09. The monoisotopic (exact) mass is 164 g/mol. The highest BCUT2D eigenvalue weighted by Gasteiger charge is 2.22. The van der Waals surface area contributed by atoms with E-state index in [0.717, 1.165) is 19.4 Å². The Kier molecular flexibility index (Phi) is 1.96. The van der Waals surface area contributed by atoms with E-state index >= 15 is 0 Å². The van der Waals surface area contributed by atoms with Crippen molar-refractivity contribution in [1.29, 1.82) is 0 Å². The quantitative estimate of drug-likeness (QED) is 0.668. The van der Waals surface area contributed by atoms with E-state index in [-0.39, 0.29) is 11.9 Å². The van der Waals surface area contributed by atoms with Crippen molar-refractivity contribution in [2.24, 2.45) is 0 Å². The van der Waals surface area contributed by atoms with Gasteiger partial charge in [-0.15, -0.1) is 0 Å². The summed E-state index contributed by atoms with van der Waals surface area (Å²) < 4.78 is 1.64. The molecule has 0 bridgehead atoms. The molecule has 12 heavy (non-hydrogen) atoms. The third-order valence-electron chi connectivity index (χ3n) is 2.22. The Morgan fingerprint density at radius 2 is 2.17 bits per heavy atom. The minimum Gasteiger partial charge on any atom is -0.306 e. The summed E-state index contributed by atoms with van der Waals surface area (Å²) in [6, 6.07) is 3.78. The van der Waals surface area contributed by atoms with Crippen molar-refractivity contribution in [3.8, 4) is 0 Å². The molecule has 1 aromatic rings. The maximum absolute atomic E-state index is 11.6. The van der Waals surface area contributed by atoms with Gasteiger partial charge in [-0.3, -0.25) is 9.36 Å². The van der Waals surface area contributed by atoms with Crippen LogP contribution in [-0.2, 0) is 0 Å². The number of aromatic nitrogens is 1. The SMILES string of the molecule is O=C(C1CCCN1)n1cccc1. The molecule has 3 nitrogen and oxygen atoms in total. The minimum atomic E-state index is 0.0393. The molecule has 1 aliphatic rings. The van der Waals surface area contributed by atoms with Crippen LogP contribution in [0.25, 0.3) is 0 Å². The van der Waals surface area contributed by atoms with E-state index in [0.29, 0.717) is 0 Å². The van der Waals surface area contributed by atoms with Crippen molar-refractivity contribution in [1.82, 2.24) is 9.88 Å². The summed E-state index contributed by atoms with van der Waals surface area (Å²) in [5.74, 6) is 0.164. The average molecular weight is 164 g/mol. The third kappa shape index (κ3) is 1.28. The van der Waals surface area contributed by atoms with Crippen molar-refractivity contribution in [3.05, 3.63) is 24.5 Å². The summed E-state index contributed by atoms with van der Waals surface area (Å²) >= 11 is 0.